The molecule has 18 heavy (non-hydrogen) atoms. The zero-order chi connectivity index (χ0) is 13.0. The second kappa shape index (κ2) is 6.34. The number of hydrogen-bond acceptors (Lipinski definition) is 4. The van der Waals surface area contributed by atoms with Crippen molar-refractivity contribution in [3.8, 4) is 11.5 Å². The van der Waals surface area contributed by atoms with Gasteiger partial charge in [-0.05, 0) is 37.8 Å². The van der Waals surface area contributed by atoms with Crippen LogP contribution in [0.25, 0.3) is 0 Å². The van der Waals surface area contributed by atoms with E-state index in [4.69, 9.17) is 9.47 Å². The number of rotatable bonds is 4. The van der Waals surface area contributed by atoms with E-state index < -0.39 is 0 Å². The van der Waals surface area contributed by atoms with Gasteiger partial charge in [-0.2, -0.15) is 0 Å². The second-order valence-corrected chi connectivity index (χ2v) is 5.24. The molecule has 100 valence electrons. The molecule has 0 aliphatic carbocycles. The minimum Gasteiger partial charge on any atom is -0.495 e. The lowest BCUT2D eigenvalue weighted by atomic mass is 9.96. The highest BCUT2D eigenvalue weighted by Gasteiger charge is 2.22. The molecule has 1 atom stereocenters. The van der Waals surface area contributed by atoms with Crippen LogP contribution in [0.2, 0.25) is 0 Å². The molecule has 1 heterocycles. The zero-order valence-corrected chi connectivity index (χ0v) is 12.1. The highest BCUT2D eigenvalue weighted by Crippen LogP contribution is 2.42. The number of thioether (sulfide) groups is 1. The van der Waals surface area contributed by atoms with E-state index in [2.05, 4.69) is 17.6 Å². The average molecular weight is 267 g/mol. The lowest BCUT2D eigenvalue weighted by molar-refractivity contribution is 0.354. The fraction of sp³-hybridized carbons (Fsp3) is 0.571. The molecular weight excluding hydrogens is 246 g/mol. The Hall–Kier alpha value is -0.870. The van der Waals surface area contributed by atoms with E-state index in [0.717, 1.165) is 22.9 Å². The molecule has 4 heteroatoms. The number of piperidine rings is 1. The van der Waals surface area contributed by atoms with E-state index in [1.54, 1.807) is 26.0 Å². The maximum Gasteiger partial charge on any atom is 0.140 e. The molecule has 1 unspecified atom stereocenters. The molecule has 0 amide bonds. The van der Waals surface area contributed by atoms with Crippen molar-refractivity contribution in [3.05, 3.63) is 17.7 Å². The van der Waals surface area contributed by atoms with E-state index >= 15 is 0 Å². The third kappa shape index (κ3) is 2.59. The Labute approximate surface area is 113 Å². The van der Waals surface area contributed by atoms with Gasteiger partial charge in [0.15, 0.2) is 0 Å². The summed E-state index contributed by atoms with van der Waals surface area (Å²) in [7, 11) is 3.44. The molecule has 2 rings (SSSR count). The van der Waals surface area contributed by atoms with Gasteiger partial charge in [0.2, 0.25) is 0 Å². The first-order valence-electron chi connectivity index (χ1n) is 6.34. The molecule has 1 saturated heterocycles. The molecule has 0 radical (unpaired) electrons. The topological polar surface area (TPSA) is 30.5 Å². The summed E-state index contributed by atoms with van der Waals surface area (Å²) in [5, 5.41) is 3.57. The SMILES string of the molecule is COc1ccc(C2CCCCN2)c(OC)c1SC. The first-order valence-corrected chi connectivity index (χ1v) is 7.56. The molecular formula is C14H21NO2S. The second-order valence-electron chi connectivity index (χ2n) is 4.43. The van der Waals surface area contributed by atoms with Gasteiger partial charge in [-0.1, -0.05) is 6.42 Å². The lowest BCUT2D eigenvalue weighted by Crippen LogP contribution is -2.27. The molecule has 0 spiro atoms. The summed E-state index contributed by atoms with van der Waals surface area (Å²) in [6, 6.07) is 4.57. The highest BCUT2D eigenvalue weighted by atomic mass is 32.2. The standard InChI is InChI=1S/C14H21NO2S/c1-16-12-8-7-10(11-6-4-5-9-15-11)13(17-2)14(12)18-3/h7-8,11,15H,4-6,9H2,1-3H3. The largest absolute Gasteiger partial charge is 0.495 e. The van der Waals surface area contributed by atoms with Crippen molar-refractivity contribution in [2.24, 2.45) is 0 Å². The van der Waals surface area contributed by atoms with Crippen LogP contribution >= 0.6 is 11.8 Å². The number of nitrogens with one attached hydrogen (secondary N) is 1. The first kappa shape index (κ1) is 13.6. The van der Waals surface area contributed by atoms with Crippen LogP contribution in [0.15, 0.2) is 17.0 Å². The van der Waals surface area contributed by atoms with Crippen molar-refractivity contribution >= 4 is 11.8 Å². The molecule has 1 aromatic rings. The van der Waals surface area contributed by atoms with Crippen molar-refractivity contribution in [1.82, 2.24) is 5.32 Å². The number of ether oxygens (including phenoxy) is 2. The molecule has 1 aliphatic heterocycles. The Bertz CT molecular complexity index is 403. The minimum absolute atomic E-state index is 0.408. The van der Waals surface area contributed by atoms with Crippen LogP contribution in [-0.2, 0) is 0 Å². The predicted molar refractivity (Wildman–Crippen MR) is 75.9 cm³/mol. The Kier molecular flexibility index (Phi) is 4.78. The third-order valence-corrected chi connectivity index (χ3v) is 4.22. The average Bonchev–Trinajstić information content (AvgIpc) is 2.46. The Balaban J connectivity index is 2.40. The van der Waals surface area contributed by atoms with E-state index in [1.165, 1.54) is 24.8 Å². The van der Waals surface area contributed by atoms with Gasteiger partial charge in [0, 0.05) is 11.6 Å². The molecule has 0 bridgehead atoms. The maximum absolute atomic E-state index is 5.62. The summed E-state index contributed by atoms with van der Waals surface area (Å²) in [4.78, 5) is 1.09. The predicted octanol–water partition coefficient (Wildman–Crippen LogP) is 3.24. The fourth-order valence-corrected chi connectivity index (χ4v) is 3.26. The van der Waals surface area contributed by atoms with Crippen LogP contribution < -0.4 is 14.8 Å². The summed E-state index contributed by atoms with van der Waals surface area (Å²) in [5.41, 5.74) is 1.25. The third-order valence-electron chi connectivity index (χ3n) is 3.42. The summed E-state index contributed by atoms with van der Waals surface area (Å²) < 4.78 is 11.0. The van der Waals surface area contributed by atoms with E-state index in [-0.39, 0.29) is 0 Å². The van der Waals surface area contributed by atoms with Crippen LogP contribution in [0, 0.1) is 0 Å². The van der Waals surface area contributed by atoms with Gasteiger partial charge in [0.25, 0.3) is 0 Å². The van der Waals surface area contributed by atoms with Crippen molar-refractivity contribution in [3.63, 3.8) is 0 Å². The molecule has 1 aromatic carbocycles. The van der Waals surface area contributed by atoms with Gasteiger partial charge < -0.3 is 14.8 Å². The van der Waals surface area contributed by atoms with Crippen LogP contribution in [0.1, 0.15) is 30.9 Å². The summed E-state index contributed by atoms with van der Waals surface area (Å²) >= 11 is 1.67. The van der Waals surface area contributed by atoms with Crippen molar-refractivity contribution in [2.75, 3.05) is 27.0 Å². The van der Waals surface area contributed by atoms with Crippen LogP contribution in [0.3, 0.4) is 0 Å². The Morgan fingerprint density at radius 1 is 1.22 bits per heavy atom. The van der Waals surface area contributed by atoms with Gasteiger partial charge in [-0.25, -0.2) is 0 Å². The van der Waals surface area contributed by atoms with E-state index in [9.17, 15) is 0 Å². The van der Waals surface area contributed by atoms with Crippen molar-refractivity contribution in [2.45, 2.75) is 30.2 Å². The van der Waals surface area contributed by atoms with Crippen LogP contribution in [0.4, 0.5) is 0 Å². The van der Waals surface area contributed by atoms with E-state index in [0.29, 0.717) is 6.04 Å². The molecule has 1 fully saturated rings. The molecule has 1 aliphatic rings. The molecule has 0 aromatic heterocycles. The van der Waals surface area contributed by atoms with Gasteiger partial charge >= 0.3 is 0 Å². The van der Waals surface area contributed by atoms with Crippen molar-refractivity contribution in [1.29, 1.82) is 0 Å². The quantitative estimate of drug-likeness (QED) is 0.848. The summed E-state index contributed by atoms with van der Waals surface area (Å²) in [6.45, 7) is 1.09. The van der Waals surface area contributed by atoms with Gasteiger partial charge in [0.05, 0.1) is 19.1 Å². The number of methoxy groups -OCH3 is 2. The van der Waals surface area contributed by atoms with Gasteiger partial charge in [-0.15, -0.1) is 11.8 Å². The van der Waals surface area contributed by atoms with E-state index in [1.807, 2.05) is 6.07 Å². The fourth-order valence-electron chi connectivity index (χ4n) is 2.52. The maximum atomic E-state index is 5.62. The normalized spacial score (nSPS) is 19.6. The highest BCUT2D eigenvalue weighted by molar-refractivity contribution is 7.98. The van der Waals surface area contributed by atoms with Crippen LogP contribution in [-0.4, -0.2) is 27.0 Å². The Morgan fingerprint density at radius 2 is 2.06 bits per heavy atom. The monoisotopic (exact) mass is 267 g/mol. The molecule has 0 saturated carbocycles. The smallest absolute Gasteiger partial charge is 0.140 e. The van der Waals surface area contributed by atoms with Crippen molar-refractivity contribution < 1.29 is 9.47 Å². The van der Waals surface area contributed by atoms with Crippen LogP contribution in [0.5, 0.6) is 11.5 Å². The zero-order valence-electron chi connectivity index (χ0n) is 11.3. The Morgan fingerprint density at radius 3 is 2.61 bits per heavy atom. The van der Waals surface area contributed by atoms with Gasteiger partial charge in [-0.3, -0.25) is 0 Å². The minimum atomic E-state index is 0.408. The number of hydrogen-bond donors (Lipinski definition) is 1. The number of benzene rings is 1. The lowest BCUT2D eigenvalue weighted by Gasteiger charge is -2.26. The first-order chi connectivity index (χ1) is 8.81. The van der Waals surface area contributed by atoms with Gasteiger partial charge in [0.1, 0.15) is 11.5 Å². The summed E-state index contributed by atoms with van der Waals surface area (Å²) in [6.07, 6.45) is 5.78. The summed E-state index contributed by atoms with van der Waals surface area (Å²) in [5.74, 6) is 1.85. The molecule has 1 N–H and O–H groups in total. The molecule has 3 nitrogen and oxygen atoms in total.